The third kappa shape index (κ3) is 1.26. The molecular formula is C11H18N2O. The average Bonchev–Trinajstić information content (AvgIpc) is 2.93. The summed E-state index contributed by atoms with van der Waals surface area (Å²) in [7, 11) is 0. The van der Waals surface area contributed by atoms with E-state index in [9.17, 15) is 4.79 Å². The van der Waals surface area contributed by atoms with Crippen molar-refractivity contribution in [2.45, 2.75) is 31.7 Å². The molecule has 1 aliphatic carbocycles. The molecule has 0 aromatic rings. The predicted octanol–water partition coefficient (Wildman–Crippen LogP) is 0.607. The SMILES string of the molecule is O=C([C@H]1CCNC1)N1C[C@H]2CC[C@H]1C2. The normalized spacial score (nSPS) is 40.9. The first-order valence-electron chi connectivity index (χ1n) is 5.86. The van der Waals surface area contributed by atoms with Crippen molar-refractivity contribution in [3.05, 3.63) is 0 Å². The maximum atomic E-state index is 12.1. The van der Waals surface area contributed by atoms with Crippen LogP contribution in [0.1, 0.15) is 25.7 Å². The molecule has 2 aliphatic heterocycles. The lowest BCUT2D eigenvalue weighted by Gasteiger charge is -2.29. The van der Waals surface area contributed by atoms with Crippen LogP contribution in [0.5, 0.6) is 0 Å². The Morgan fingerprint density at radius 3 is 2.79 bits per heavy atom. The highest BCUT2D eigenvalue weighted by Crippen LogP contribution is 2.38. The summed E-state index contributed by atoms with van der Waals surface area (Å²) in [5, 5.41) is 3.27. The van der Waals surface area contributed by atoms with Gasteiger partial charge in [-0.1, -0.05) is 0 Å². The van der Waals surface area contributed by atoms with Crippen LogP contribution >= 0.6 is 0 Å². The highest BCUT2D eigenvalue weighted by molar-refractivity contribution is 5.80. The maximum absolute atomic E-state index is 12.1. The molecule has 3 nitrogen and oxygen atoms in total. The van der Waals surface area contributed by atoms with Crippen LogP contribution in [0.15, 0.2) is 0 Å². The lowest BCUT2D eigenvalue weighted by molar-refractivity contribution is -0.136. The molecule has 0 aromatic carbocycles. The molecule has 2 heterocycles. The van der Waals surface area contributed by atoms with Crippen LogP contribution in [0.25, 0.3) is 0 Å². The molecule has 3 rings (SSSR count). The molecule has 0 radical (unpaired) electrons. The van der Waals surface area contributed by atoms with Crippen molar-refractivity contribution in [2.75, 3.05) is 19.6 Å². The quantitative estimate of drug-likeness (QED) is 0.663. The molecule has 1 amide bonds. The van der Waals surface area contributed by atoms with E-state index in [2.05, 4.69) is 10.2 Å². The predicted molar refractivity (Wildman–Crippen MR) is 53.8 cm³/mol. The fourth-order valence-corrected chi connectivity index (χ4v) is 3.29. The minimum Gasteiger partial charge on any atom is -0.339 e. The van der Waals surface area contributed by atoms with Gasteiger partial charge in [-0.25, -0.2) is 0 Å². The van der Waals surface area contributed by atoms with Crippen LogP contribution in [0, 0.1) is 11.8 Å². The fourth-order valence-electron chi connectivity index (χ4n) is 3.29. The number of nitrogens with zero attached hydrogens (tertiary/aromatic N) is 1. The number of fused-ring (bicyclic) bond motifs is 2. The zero-order chi connectivity index (χ0) is 9.54. The first-order valence-corrected chi connectivity index (χ1v) is 5.86. The number of rotatable bonds is 1. The molecule has 3 atom stereocenters. The number of hydrogen-bond donors (Lipinski definition) is 1. The first kappa shape index (κ1) is 8.72. The van der Waals surface area contributed by atoms with Crippen LogP contribution in [0.2, 0.25) is 0 Å². The Morgan fingerprint density at radius 1 is 1.29 bits per heavy atom. The van der Waals surface area contributed by atoms with Gasteiger partial charge in [0.1, 0.15) is 0 Å². The largest absolute Gasteiger partial charge is 0.339 e. The number of likely N-dealkylation sites (tertiary alicyclic amines) is 1. The van der Waals surface area contributed by atoms with Gasteiger partial charge in [-0.15, -0.1) is 0 Å². The van der Waals surface area contributed by atoms with Gasteiger partial charge in [0.2, 0.25) is 5.91 Å². The lowest BCUT2D eigenvalue weighted by atomic mass is 10.0. The molecule has 14 heavy (non-hydrogen) atoms. The average molecular weight is 194 g/mol. The fraction of sp³-hybridized carbons (Fsp3) is 0.909. The summed E-state index contributed by atoms with van der Waals surface area (Å²) < 4.78 is 0. The lowest BCUT2D eigenvalue weighted by Crippen LogP contribution is -2.41. The van der Waals surface area contributed by atoms with Crippen LogP contribution < -0.4 is 5.32 Å². The number of piperidine rings is 1. The molecule has 0 unspecified atom stereocenters. The minimum absolute atomic E-state index is 0.286. The van der Waals surface area contributed by atoms with Crippen molar-refractivity contribution in [1.29, 1.82) is 0 Å². The standard InChI is InChI=1S/C11H18N2O/c14-11(9-3-4-12-6-9)13-7-8-1-2-10(13)5-8/h8-10,12H,1-7H2/t8-,9-,10-/m0/s1. The molecule has 1 saturated carbocycles. The van der Waals surface area contributed by atoms with Gasteiger partial charge in [0, 0.05) is 19.1 Å². The Kier molecular flexibility index (Phi) is 2.01. The van der Waals surface area contributed by atoms with Crippen LogP contribution in [0.4, 0.5) is 0 Å². The Labute approximate surface area is 84.8 Å². The molecule has 2 saturated heterocycles. The molecule has 78 valence electrons. The van der Waals surface area contributed by atoms with E-state index in [1.807, 2.05) is 0 Å². The molecule has 3 heteroatoms. The van der Waals surface area contributed by atoms with Gasteiger partial charge in [-0.3, -0.25) is 4.79 Å². The molecular weight excluding hydrogens is 176 g/mol. The van der Waals surface area contributed by atoms with Gasteiger partial charge in [0.05, 0.1) is 5.92 Å². The number of amides is 1. The molecule has 3 fully saturated rings. The van der Waals surface area contributed by atoms with Crippen molar-refractivity contribution in [3.63, 3.8) is 0 Å². The second kappa shape index (κ2) is 3.23. The van der Waals surface area contributed by atoms with Gasteiger partial charge >= 0.3 is 0 Å². The third-order valence-electron chi connectivity index (χ3n) is 4.10. The van der Waals surface area contributed by atoms with E-state index in [1.165, 1.54) is 19.3 Å². The smallest absolute Gasteiger partial charge is 0.227 e. The number of carbonyl (C=O) groups is 1. The number of nitrogens with one attached hydrogen (secondary N) is 1. The van der Waals surface area contributed by atoms with Crippen molar-refractivity contribution in [3.8, 4) is 0 Å². The van der Waals surface area contributed by atoms with Gasteiger partial charge in [0.25, 0.3) is 0 Å². The summed E-state index contributed by atoms with van der Waals surface area (Å²) in [5.41, 5.74) is 0. The Balaban J connectivity index is 1.67. The molecule has 0 aromatic heterocycles. The van der Waals surface area contributed by atoms with Crippen molar-refractivity contribution < 1.29 is 4.79 Å². The van der Waals surface area contributed by atoms with Crippen molar-refractivity contribution in [1.82, 2.24) is 10.2 Å². The maximum Gasteiger partial charge on any atom is 0.227 e. The van der Waals surface area contributed by atoms with E-state index in [-0.39, 0.29) is 5.92 Å². The van der Waals surface area contributed by atoms with Crippen LogP contribution in [-0.4, -0.2) is 36.5 Å². The summed E-state index contributed by atoms with van der Waals surface area (Å²) in [6.45, 7) is 2.99. The van der Waals surface area contributed by atoms with Gasteiger partial charge < -0.3 is 10.2 Å². The van der Waals surface area contributed by atoms with Gasteiger partial charge in [-0.05, 0) is 38.1 Å². The van der Waals surface area contributed by atoms with E-state index < -0.39 is 0 Å². The second-order valence-corrected chi connectivity index (χ2v) is 5.01. The molecule has 1 N–H and O–H groups in total. The van der Waals surface area contributed by atoms with E-state index in [1.54, 1.807) is 0 Å². The van der Waals surface area contributed by atoms with Crippen LogP contribution in [0.3, 0.4) is 0 Å². The van der Waals surface area contributed by atoms with E-state index in [0.29, 0.717) is 11.9 Å². The highest BCUT2D eigenvalue weighted by Gasteiger charge is 2.42. The molecule has 3 aliphatic rings. The molecule has 0 spiro atoms. The summed E-state index contributed by atoms with van der Waals surface area (Å²) in [6, 6.07) is 0.605. The first-order chi connectivity index (χ1) is 6.84. The van der Waals surface area contributed by atoms with E-state index in [4.69, 9.17) is 0 Å². The van der Waals surface area contributed by atoms with Crippen LogP contribution in [-0.2, 0) is 4.79 Å². The topological polar surface area (TPSA) is 32.3 Å². The summed E-state index contributed by atoms with van der Waals surface area (Å²) in [5.74, 6) is 1.55. The summed E-state index contributed by atoms with van der Waals surface area (Å²) in [6.07, 6.45) is 4.95. The van der Waals surface area contributed by atoms with E-state index in [0.717, 1.165) is 32.0 Å². The number of hydrogen-bond acceptors (Lipinski definition) is 2. The number of carbonyl (C=O) groups excluding carboxylic acids is 1. The monoisotopic (exact) mass is 194 g/mol. The second-order valence-electron chi connectivity index (χ2n) is 5.01. The Bertz CT molecular complexity index is 248. The van der Waals surface area contributed by atoms with Crippen molar-refractivity contribution >= 4 is 5.91 Å². The Morgan fingerprint density at radius 2 is 2.21 bits per heavy atom. The zero-order valence-corrected chi connectivity index (χ0v) is 8.54. The Hall–Kier alpha value is -0.570. The third-order valence-corrected chi connectivity index (χ3v) is 4.10. The van der Waals surface area contributed by atoms with E-state index >= 15 is 0 Å². The van der Waals surface area contributed by atoms with Gasteiger partial charge in [-0.2, -0.15) is 0 Å². The van der Waals surface area contributed by atoms with Crippen molar-refractivity contribution in [2.24, 2.45) is 11.8 Å². The zero-order valence-electron chi connectivity index (χ0n) is 8.54. The summed E-state index contributed by atoms with van der Waals surface area (Å²) in [4.78, 5) is 14.3. The molecule has 2 bridgehead atoms. The van der Waals surface area contributed by atoms with Gasteiger partial charge in [0.15, 0.2) is 0 Å². The minimum atomic E-state index is 0.286. The highest BCUT2D eigenvalue weighted by atomic mass is 16.2. The summed E-state index contributed by atoms with van der Waals surface area (Å²) >= 11 is 0.